The molecule has 3 N–H and O–H groups in total. The molecule has 0 aliphatic carbocycles. The minimum absolute atomic E-state index is 0.253. The average Bonchev–Trinajstić information content (AvgIpc) is 2.30. The van der Waals surface area contributed by atoms with Crippen LogP contribution < -0.4 is 11.1 Å². The molecule has 1 amide bonds. The van der Waals surface area contributed by atoms with Gasteiger partial charge in [-0.05, 0) is 48.9 Å². The molecule has 2 aromatic rings. The van der Waals surface area contributed by atoms with Gasteiger partial charge in [-0.2, -0.15) is 0 Å². The first-order valence-electron chi connectivity index (χ1n) is 5.59. The first-order valence-corrected chi connectivity index (χ1v) is 5.97. The van der Waals surface area contributed by atoms with Crippen molar-refractivity contribution in [2.75, 3.05) is 11.1 Å². The van der Waals surface area contributed by atoms with Crippen molar-refractivity contribution >= 4 is 28.9 Å². The number of amides is 1. The van der Waals surface area contributed by atoms with Crippen LogP contribution in [0, 0.1) is 12.7 Å². The van der Waals surface area contributed by atoms with Gasteiger partial charge in [-0.15, -0.1) is 0 Å². The summed E-state index contributed by atoms with van der Waals surface area (Å²) in [5, 5.41) is 2.88. The Morgan fingerprint density at radius 2 is 2.00 bits per heavy atom. The third-order valence-electron chi connectivity index (χ3n) is 2.54. The second-order valence-corrected chi connectivity index (χ2v) is 4.62. The van der Waals surface area contributed by atoms with Crippen molar-refractivity contribution in [2.45, 2.75) is 6.92 Å². The minimum Gasteiger partial charge on any atom is -0.399 e. The van der Waals surface area contributed by atoms with Crippen LogP contribution in [0.3, 0.4) is 0 Å². The largest absolute Gasteiger partial charge is 0.399 e. The topological polar surface area (TPSA) is 55.1 Å². The number of nitrogens with two attached hydrogens (primary N) is 1. The van der Waals surface area contributed by atoms with Crippen molar-refractivity contribution in [1.82, 2.24) is 0 Å². The van der Waals surface area contributed by atoms with E-state index in [-0.39, 0.29) is 5.56 Å². The van der Waals surface area contributed by atoms with Crippen molar-refractivity contribution in [1.29, 1.82) is 0 Å². The zero-order valence-electron chi connectivity index (χ0n) is 10.2. The fourth-order valence-electron chi connectivity index (χ4n) is 1.72. The van der Waals surface area contributed by atoms with Crippen molar-refractivity contribution in [3.05, 3.63) is 58.4 Å². The lowest BCUT2D eigenvalue weighted by atomic mass is 10.1. The normalized spacial score (nSPS) is 10.3. The summed E-state index contributed by atoms with van der Waals surface area (Å²) >= 11 is 5.93. The molecule has 0 radical (unpaired) electrons. The van der Waals surface area contributed by atoms with E-state index in [0.717, 1.165) is 0 Å². The Balaban J connectivity index is 2.28. The SMILES string of the molecule is Cc1cc(F)cc(NC(=O)c2cc(N)ccc2Cl)c1. The molecule has 2 aromatic carbocycles. The number of carbonyl (C=O) groups excluding carboxylic acids is 1. The third kappa shape index (κ3) is 3.23. The summed E-state index contributed by atoms with van der Waals surface area (Å²) in [6.07, 6.45) is 0. The monoisotopic (exact) mass is 278 g/mol. The van der Waals surface area contributed by atoms with Crippen LogP contribution in [-0.2, 0) is 0 Å². The van der Waals surface area contributed by atoms with Gasteiger partial charge in [0, 0.05) is 11.4 Å². The molecule has 0 spiro atoms. The van der Waals surface area contributed by atoms with Crippen molar-refractivity contribution in [2.24, 2.45) is 0 Å². The zero-order chi connectivity index (χ0) is 14.0. The van der Waals surface area contributed by atoms with E-state index in [1.54, 1.807) is 25.1 Å². The van der Waals surface area contributed by atoms with E-state index in [1.165, 1.54) is 18.2 Å². The molecule has 0 heterocycles. The molecular weight excluding hydrogens is 267 g/mol. The van der Waals surface area contributed by atoms with Gasteiger partial charge in [0.1, 0.15) is 5.82 Å². The van der Waals surface area contributed by atoms with E-state index in [2.05, 4.69) is 5.32 Å². The van der Waals surface area contributed by atoms with Crippen LogP contribution in [0.15, 0.2) is 36.4 Å². The predicted molar refractivity (Wildman–Crippen MR) is 75.0 cm³/mol. The Labute approximate surface area is 115 Å². The van der Waals surface area contributed by atoms with Gasteiger partial charge < -0.3 is 11.1 Å². The molecular formula is C14H12ClFN2O. The number of nitrogens with one attached hydrogen (secondary N) is 1. The van der Waals surface area contributed by atoms with Gasteiger partial charge in [0.05, 0.1) is 10.6 Å². The Morgan fingerprint density at radius 3 is 2.68 bits per heavy atom. The van der Waals surface area contributed by atoms with Gasteiger partial charge in [0.25, 0.3) is 5.91 Å². The Morgan fingerprint density at radius 1 is 1.26 bits per heavy atom. The number of carbonyl (C=O) groups is 1. The number of rotatable bonds is 2. The molecule has 0 saturated heterocycles. The molecule has 2 rings (SSSR count). The Bertz CT molecular complexity index is 623. The summed E-state index contributed by atoms with van der Waals surface area (Å²) in [7, 11) is 0. The summed E-state index contributed by atoms with van der Waals surface area (Å²) in [4.78, 5) is 12.0. The lowest BCUT2D eigenvalue weighted by Gasteiger charge is -2.08. The molecule has 0 aromatic heterocycles. The molecule has 19 heavy (non-hydrogen) atoms. The number of nitrogen functional groups attached to an aromatic ring is 1. The van der Waals surface area contributed by atoms with Gasteiger partial charge in [-0.25, -0.2) is 4.39 Å². The highest BCUT2D eigenvalue weighted by Gasteiger charge is 2.11. The first-order chi connectivity index (χ1) is 8.95. The first kappa shape index (κ1) is 13.4. The summed E-state index contributed by atoms with van der Waals surface area (Å²) in [6.45, 7) is 1.74. The number of hydrogen-bond donors (Lipinski definition) is 2. The van der Waals surface area contributed by atoms with Crippen LogP contribution in [-0.4, -0.2) is 5.91 Å². The predicted octanol–water partition coefficient (Wildman–Crippen LogP) is 3.62. The van der Waals surface area contributed by atoms with Crippen LogP contribution in [0.1, 0.15) is 15.9 Å². The van der Waals surface area contributed by atoms with E-state index in [9.17, 15) is 9.18 Å². The van der Waals surface area contributed by atoms with Crippen LogP contribution in [0.25, 0.3) is 0 Å². The summed E-state index contributed by atoms with van der Waals surface area (Å²) in [5.41, 5.74) is 7.39. The molecule has 0 aliphatic rings. The van der Waals surface area contributed by atoms with E-state index in [1.807, 2.05) is 0 Å². The summed E-state index contributed by atoms with van der Waals surface area (Å²) in [5.74, 6) is -0.837. The fourth-order valence-corrected chi connectivity index (χ4v) is 1.93. The number of anilines is 2. The molecule has 0 atom stereocenters. The van der Waals surface area contributed by atoms with Crippen LogP contribution >= 0.6 is 11.6 Å². The molecule has 5 heteroatoms. The van der Waals surface area contributed by atoms with Gasteiger partial charge >= 0.3 is 0 Å². The van der Waals surface area contributed by atoms with E-state index >= 15 is 0 Å². The van der Waals surface area contributed by atoms with E-state index in [4.69, 9.17) is 17.3 Å². The van der Waals surface area contributed by atoms with Crippen molar-refractivity contribution < 1.29 is 9.18 Å². The number of halogens is 2. The third-order valence-corrected chi connectivity index (χ3v) is 2.86. The maximum atomic E-state index is 13.2. The van der Waals surface area contributed by atoms with Crippen molar-refractivity contribution in [3.8, 4) is 0 Å². The van der Waals surface area contributed by atoms with Gasteiger partial charge in [0.2, 0.25) is 0 Å². The molecule has 0 bridgehead atoms. The lowest BCUT2D eigenvalue weighted by molar-refractivity contribution is 0.102. The standard InChI is InChI=1S/C14H12ClFN2O/c1-8-4-9(16)6-11(5-8)18-14(19)12-7-10(17)2-3-13(12)15/h2-7H,17H2,1H3,(H,18,19). The van der Waals surface area contributed by atoms with Crippen LogP contribution in [0.2, 0.25) is 5.02 Å². The average molecular weight is 279 g/mol. The highest BCUT2D eigenvalue weighted by molar-refractivity contribution is 6.34. The molecule has 0 unspecified atom stereocenters. The van der Waals surface area contributed by atoms with Crippen LogP contribution in [0.4, 0.5) is 15.8 Å². The summed E-state index contributed by atoms with van der Waals surface area (Å²) < 4.78 is 13.2. The highest BCUT2D eigenvalue weighted by Crippen LogP contribution is 2.21. The second kappa shape index (κ2) is 5.28. The van der Waals surface area contributed by atoms with Gasteiger partial charge in [-0.1, -0.05) is 11.6 Å². The quantitative estimate of drug-likeness (QED) is 0.824. The smallest absolute Gasteiger partial charge is 0.257 e. The highest BCUT2D eigenvalue weighted by atomic mass is 35.5. The summed E-state index contributed by atoms with van der Waals surface area (Å²) in [6, 6.07) is 8.91. The zero-order valence-corrected chi connectivity index (χ0v) is 11.0. The Hall–Kier alpha value is -2.07. The fraction of sp³-hybridized carbons (Fsp3) is 0.0714. The van der Waals surface area contributed by atoms with Crippen molar-refractivity contribution in [3.63, 3.8) is 0 Å². The van der Waals surface area contributed by atoms with Gasteiger partial charge in [0.15, 0.2) is 0 Å². The number of benzene rings is 2. The molecule has 0 aliphatic heterocycles. The maximum Gasteiger partial charge on any atom is 0.257 e. The molecule has 3 nitrogen and oxygen atoms in total. The maximum absolute atomic E-state index is 13.2. The van der Waals surface area contributed by atoms with Crippen LogP contribution in [0.5, 0.6) is 0 Å². The van der Waals surface area contributed by atoms with E-state index in [0.29, 0.717) is 22.0 Å². The Kier molecular flexibility index (Phi) is 3.71. The molecule has 0 saturated carbocycles. The lowest BCUT2D eigenvalue weighted by Crippen LogP contribution is -2.13. The van der Waals surface area contributed by atoms with Gasteiger partial charge in [-0.3, -0.25) is 4.79 Å². The second-order valence-electron chi connectivity index (χ2n) is 4.21. The number of aryl methyl sites for hydroxylation is 1. The number of hydrogen-bond acceptors (Lipinski definition) is 2. The molecule has 0 fully saturated rings. The minimum atomic E-state index is -0.428. The van der Waals surface area contributed by atoms with E-state index < -0.39 is 11.7 Å². The molecule has 98 valence electrons.